The molecule has 5 nitrogen and oxygen atoms in total. The molecule has 1 aromatic heterocycles. The Kier molecular flexibility index (Phi) is 8.66. The van der Waals surface area contributed by atoms with Gasteiger partial charge in [-0.15, -0.1) is 11.3 Å². The Hall–Kier alpha value is -3.49. The zero-order chi connectivity index (χ0) is 28.2. The quantitative estimate of drug-likeness (QED) is 0.188. The lowest BCUT2D eigenvalue weighted by Gasteiger charge is -2.16. The number of carbonyl (C=O) groups excluding carboxylic acids is 1. The van der Waals surface area contributed by atoms with Crippen molar-refractivity contribution in [2.45, 2.75) is 33.1 Å². The fourth-order valence-corrected chi connectivity index (χ4v) is 6.54. The van der Waals surface area contributed by atoms with E-state index >= 15 is 0 Å². The Morgan fingerprint density at radius 3 is 2.52 bits per heavy atom. The van der Waals surface area contributed by atoms with E-state index in [0.717, 1.165) is 38.2 Å². The molecule has 1 atom stereocenters. The molecule has 0 bridgehead atoms. The van der Waals surface area contributed by atoms with Gasteiger partial charge in [0.1, 0.15) is 34.5 Å². The summed E-state index contributed by atoms with van der Waals surface area (Å²) >= 11 is 1.24. The number of fused-ring (bicyclic) bond motifs is 1. The van der Waals surface area contributed by atoms with Gasteiger partial charge in [-0.2, -0.15) is 0 Å². The van der Waals surface area contributed by atoms with Crippen molar-refractivity contribution in [2.75, 3.05) is 32.9 Å². The van der Waals surface area contributed by atoms with Crippen LogP contribution in [0.4, 0.5) is 8.78 Å². The Bertz CT molecular complexity index is 1480. The second-order valence-corrected chi connectivity index (χ2v) is 11.4. The molecule has 8 heteroatoms. The molecule has 0 radical (unpaired) electrons. The highest BCUT2D eigenvalue weighted by molar-refractivity contribution is 7.21. The van der Waals surface area contributed by atoms with Gasteiger partial charge in [0.25, 0.3) is 0 Å². The summed E-state index contributed by atoms with van der Waals surface area (Å²) in [6.45, 7) is 6.61. The van der Waals surface area contributed by atoms with Crippen LogP contribution in [0.25, 0.3) is 10.1 Å². The summed E-state index contributed by atoms with van der Waals surface area (Å²) in [5, 5.41) is 10.7. The molecule has 2 heterocycles. The molecule has 1 fully saturated rings. The van der Waals surface area contributed by atoms with Crippen LogP contribution in [-0.2, 0) is 0 Å². The van der Waals surface area contributed by atoms with Crippen LogP contribution < -0.4 is 9.47 Å². The number of phenols is 1. The summed E-state index contributed by atoms with van der Waals surface area (Å²) in [4.78, 5) is 16.5. The van der Waals surface area contributed by atoms with Gasteiger partial charge in [0.2, 0.25) is 5.78 Å². The van der Waals surface area contributed by atoms with Crippen LogP contribution in [0.2, 0.25) is 0 Å². The molecular weight excluding hydrogens is 532 g/mol. The van der Waals surface area contributed by atoms with Crippen molar-refractivity contribution in [1.82, 2.24) is 4.90 Å². The highest BCUT2D eigenvalue weighted by Crippen LogP contribution is 2.43. The van der Waals surface area contributed by atoms with Crippen LogP contribution in [0.5, 0.6) is 23.0 Å². The van der Waals surface area contributed by atoms with Crippen molar-refractivity contribution in [1.29, 1.82) is 0 Å². The maximum Gasteiger partial charge on any atom is 0.207 e. The fraction of sp³-hybridized carbons (Fsp3) is 0.344. The van der Waals surface area contributed by atoms with Crippen molar-refractivity contribution >= 4 is 27.2 Å². The first-order chi connectivity index (χ1) is 19.3. The number of aryl methyl sites for hydroxylation is 2. The van der Waals surface area contributed by atoms with E-state index in [1.54, 1.807) is 44.2 Å². The number of phenolic OH excluding ortho intramolecular Hbond substituents is 1. The number of likely N-dealkylation sites (tertiary alicyclic amines) is 1. The SMILES string of the molecule is Cc1cc(F)cc(C)c1C(=O)c1sc2cc(O)ccc2c1Oc1ccc(OCCN2CCC(CCCF)C2)cc1. The molecule has 0 spiro atoms. The van der Waals surface area contributed by atoms with E-state index in [-0.39, 0.29) is 24.0 Å². The number of benzene rings is 3. The fourth-order valence-electron chi connectivity index (χ4n) is 5.43. The second-order valence-electron chi connectivity index (χ2n) is 10.4. The summed E-state index contributed by atoms with van der Waals surface area (Å²) in [5.74, 6) is 1.70. The average Bonchev–Trinajstić information content (AvgIpc) is 3.52. The molecule has 3 aromatic carbocycles. The number of hydrogen-bond acceptors (Lipinski definition) is 6. The van der Waals surface area contributed by atoms with E-state index in [2.05, 4.69) is 4.90 Å². The first-order valence-corrected chi connectivity index (χ1v) is 14.4. The molecule has 0 amide bonds. The van der Waals surface area contributed by atoms with Gasteiger partial charge in [-0.25, -0.2) is 4.39 Å². The lowest BCUT2D eigenvalue weighted by Crippen LogP contribution is -2.26. The minimum atomic E-state index is -0.384. The molecule has 40 heavy (non-hydrogen) atoms. The number of alkyl halides is 1. The maximum atomic E-state index is 13.9. The highest BCUT2D eigenvalue weighted by Gasteiger charge is 2.25. The molecule has 0 aliphatic carbocycles. The Balaban J connectivity index is 1.30. The van der Waals surface area contributed by atoms with Crippen molar-refractivity contribution in [2.24, 2.45) is 5.92 Å². The monoisotopic (exact) mass is 565 g/mol. The van der Waals surface area contributed by atoms with Gasteiger partial charge >= 0.3 is 0 Å². The molecule has 1 aliphatic heterocycles. The Labute approximate surface area is 237 Å². The zero-order valence-corrected chi connectivity index (χ0v) is 23.5. The van der Waals surface area contributed by atoms with Crippen LogP contribution in [0.15, 0.2) is 54.6 Å². The summed E-state index contributed by atoms with van der Waals surface area (Å²) < 4.78 is 39.3. The number of ether oxygens (including phenoxy) is 2. The van der Waals surface area contributed by atoms with Crippen molar-refractivity contribution < 1.29 is 28.2 Å². The molecule has 1 aliphatic rings. The van der Waals surface area contributed by atoms with E-state index in [1.807, 2.05) is 12.1 Å². The third-order valence-corrected chi connectivity index (χ3v) is 8.53. The number of aromatic hydroxyl groups is 1. The number of hydrogen-bond donors (Lipinski definition) is 1. The summed E-state index contributed by atoms with van der Waals surface area (Å²) in [6, 6.07) is 14.9. The van der Waals surface area contributed by atoms with E-state index in [9.17, 15) is 18.7 Å². The van der Waals surface area contributed by atoms with Gasteiger partial charge in [0, 0.05) is 28.7 Å². The number of carbonyl (C=O) groups is 1. The topological polar surface area (TPSA) is 59.0 Å². The molecule has 5 rings (SSSR count). The molecule has 4 aromatic rings. The van der Waals surface area contributed by atoms with Crippen LogP contribution >= 0.6 is 11.3 Å². The minimum Gasteiger partial charge on any atom is -0.508 e. The third kappa shape index (κ3) is 6.29. The normalized spacial score (nSPS) is 15.6. The van der Waals surface area contributed by atoms with E-state index in [4.69, 9.17) is 9.47 Å². The number of rotatable bonds is 11. The number of ketones is 1. The summed E-state index contributed by atoms with van der Waals surface area (Å²) in [5.41, 5.74) is 1.55. The molecule has 1 saturated heterocycles. The third-order valence-electron chi connectivity index (χ3n) is 7.39. The largest absolute Gasteiger partial charge is 0.508 e. The zero-order valence-electron chi connectivity index (χ0n) is 22.7. The maximum absolute atomic E-state index is 13.9. The van der Waals surface area contributed by atoms with Crippen molar-refractivity contribution in [3.63, 3.8) is 0 Å². The predicted octanol–water partition coefficient (Wildman–Crippen LogP) is 7.84. The Morgan fingerprint density at radius 2 is 1.80 bits per heavy atom. The summed E-state index contributed by atoms with van der Waals surface area (Å²) in [7, 11) is 0. The van der Waals surface area contributed by atoms with Crippen LogP contribution in [-0.4, -0.2) is 48.7 Å². The van der Waals surface area contributed by atoms with Crippen LogP contribution in [0, 0.1) is 25.6 Å². The first kappa shape index (κ1) is 28.1. The number of nitrogens with zero attached hydrogens (tertiary/aromatic N) is 1. The van der Waals surface area contributed by atoms with Gasteiger partial charge in [0.05, 0.1) is 6.67 Å². The lowest BCUT2D eigenvalue weighted by atomic mass is 9.97. The van der Waals surface area contributed by atoms with Gasteiger partial charge in [-0.3, -0.25) is 14.1 Å². The first-order valence-electron chi connectivity index (χ1n) is 13.6. The van der Waals surface area contributed by atoms with Crippen LogP contribution in [0.3, 0.4) is 0 Å². The van der Waals surface area contributed by atoms with Gasteiger partial charge in [-0.05, 0) is 111 Å². The average molecular weight is 566 g/mol. The molecule has 0 saturated carbocycles. The van der Waals surface area contributed by atoms with E-state index in [1.165, 1.54) is 23.5 Å². The predicted molar refractivity (Wildman–Crippen MR) is 155 cm³/mol. The van der Waals surface area contributed by atoms with E-state index < -0.39 is 0 Å². The van der Waals surface area contributed by atoms with E-state index in [0.29, 0.717) is 62.1 Å². The van der Waals surface area contributed by atoms with Crippen LogP contribution in [0.1, 0.15) is 45.6 Å². The van der Waals surface area contributed by atoms with Crippen molar-refractivity contribution in [3.8, 4) is 23.0 Å². The van der Waals surface area contributed by atoms with Gasteiger partial charge < -0.3 is 14.6 Å². The smallest absolute Gasteiger partial charge is 0.207 e. The highest BCUT2D eigenvalue weighted by atomic mass is 32.1. The molecule has 1 N–H and O–H groups in total. The number of halogens is 2. The lowest BCUT2D eigenvalue weighted by molar-refractivity contribution is 0.103. The standard InChI is InChI=1S/C32H33F2NO4S/c1-20-16-23(34)17-21(2)29(20)30(37)32-31(27-10-5-24(36)18-28(27)40-32)39-26-8-6-25(7-9-26)38-15-14-35-13-11-22(19-35)4-3-12-33/h5-10,16-18,22,36H,3-4,11-15,19H2,1-2H3. The number of thiophene rings is 1. The molecule has 210 valence electrons. The summed E-state index contributed by atoms with van der Waals surface area (Å²) in [6.07, 6.45) is 2.72. The van der Waals surface area contributed by atoms with Gasteiger partial charge in [0.15, 0.2) is 5.75 Å². The second kappa shape index (κ2) is 12.4. The van der Waals surface area contributed by atoms with Gasteiger partial charge in [-0.1, -0.05) is 0 Å². The molecular formula is C32H33F2NO4S. The molecule has 1 unspecified atom stereocenters. The van der Waals surface area contributed by atoms with Crippen molar-refractivity contribution in [3.05, 3.63) is 82.0 Å². The minimum absolute atomic E-state index is 0.0964. The Morgan fingerprint density at radius 1 is 1.07 bits per heavy atom.